The molecule has 0 bridgehead atoms. The maximum atomic E-state index is 10.3. The molecule has 2 N–H and O–H groups in total. The maximum Gasteiger partial charge on any atom is 0.303 e. The SMILES string of the molecule is CCCC/C=C\CCCCCCCCCCCC(=O)O.CCCC/C=C\CCCCCCCCCCCC(=O)O.[Fe]. The average Bonchev–Trinajstić information content (AvgIpc) is 2.93. The molecule has 244 valence electrons. The van der Waals surface area contributed by atoms with E-state index in [2.05, 4.69) is 38.2 Å². The van der Waals surface area contributed by atoms with Crippen LogP contribution < -0.4 is 0 Å². The van der Waals surface area contributed by atoms with E-state index in [1.807, 2.05) is 0 Å². The number of unbranched alkanes of at least 4 members (excludes halogenated alkanes) is 22. The summed E-state index contributed by atoms with van der Waals surface area (Å²) in [5.74, 6) is -1.32. The largest absolute Gasteiger partial charge is 0.481 e. The summed E-state index contributed by atoms with van der Waals surface area (Å²) in [4.78, 5) is 20.7. The van der Waals surface area contributed by atoms with Crippen molar-refractivity contribution in [1.82, 2.24) is 0 Å². The Balaban J connectivity index is -0.000000688. The Kier molecular flexibility index (Phi) is 44.5. The van der Waals surface area contributed by atoms with E-state index in [1.54, 1.807) is 0 Å². The van der Waals surface area contributed by atoms with E-state index in [0.717, 1.165) is 25.7 Å². The van der Waals surface area contributed by atoms with Gasteiger partial charge in [0.2, 0.25) is 0 Å². The monoisotopic (exact) mass is 620 g/mol. The van der Waals surface area contributed by atoms with Crippen LogP contribution >= 0.6 is 0 Å². The summed E-state index contributed by atoms with van der Waals surface area (Å²) in [5, 5.41) is 17.0. The van der Waals surface area contributed by atoms with Gasteiger partial charge in [-0.2, -0.15) is 0 Å². The molecule has 0 fully saturated rings. The Bertz CT molecular complexity index is 524. The van der Waals surface area contributed by atoms with Crippen molar-refractivity contribution < 1.29 is 36.9 Å². The molecular formula is C36H68FeO4. The third-order valence-electron chi connectivity index (χ3n) is 7.30. The van der Waals surface area contributed by atoms with Crippen LogP contribution in [-0.2, 0) is 26.7 Å². The number of carboxylic acid groups (broad SMARTS) is 2. The van der Waals surface area contributed by atoms with E-state index in [0.29, 0.717) is 12.8 Å². The van der Waals surface area contributed by atoms with Crippen molar-refractivity contribution in [2.75, 3.05) is 0 Å². The molecule has 0 heterocycles. The van der Waals surface area contributed by atoms with E-state index in [-0.39, 0.29) is 17.1 Å². The predicted molar refractivity (Wildman–Crippen MR) is 174 cm³/mol. The third kappa shape index (κ3) is 49.0. The van der Waals surface area contributed by atoms with Gasteiger partial charge in [-0.05, 0) is 51.4 Å². The number of hydrogen-bond acceptors (Lipinski definition) is 2. The molecule has 0 aromatic rings. The van der Waals surface area contributed by atoms with Crippen molar-refractivity contribution in [3.05, 3.63) is 24.3 Å². The molecular weight excluding hydrogens is 552 g/mol. The molecule has 0 unspecified atom stereocenters. The Morgan fingerprint density at radius 2 is 0.610 bits per heavy atom. The second-order valence-electron chi connectivity index (χ2n) is 11.5. The predicted octanol–water partition coefficient (Wildman–Crippen LogP) is 12.2. The molecule has 0 aliphatic rings. The van der Waals surface area contributed by atoms with Gasteiger partial charge in [-0.1, -0.05) is 154 Å². The Labute approximate surface area is 266 Å². The molecule has 0 radical (unpaired) electrons. The van der Waals surface area contributed by atoms with Gasteiger partial charge < -0.3 is 10.2 Å². The number of carboxylic acids is 2. The fourth-order valence-electron chi connectivity index (χ4n) is 4.67. The van der Waals surface area contributed by atoms with Gasteiger partial charge in [-0.3, -0.25) is 9.59 Å². The molecule has 0 spiro atoms. The summed E-state index contributed by atoms with van der Waals surface area (Å²) >= 11 is 0. The van der Waals surface area contributed by atoms with Crippen LogP contribution in [0, 0.1) is 0 Å². The molecule has 0 aromatic carbocycles. The minimum atomic E-state index is -0.659. The van der Waals surface area contributed by atoms with Crippen molar-refractivity contribution in [2.45, 2.75) is 194 Å². The zero-order valence-electron chi connectivity index (χ0n) is 27.2. The standard InChI is InChI=1S/2C18H34O2.Fe/c2*1-2-3-4-5-6-7-8-9-10-11-12-13-14-15-16-17-18(19)20;/h2*5-6H,2-4,7-17H2,1H3,(H,19,20);/b2*6-5-;. The van der Waals surface area contributed by atoms with Gasteiger partial charge in [0.25, 0.3) is 0 Å². The van der Waals surface area contributed by atoms with E-state index < -0.39 is 11.9 Å². The van der Waals surface area contributed by atoms with Crippen LogP contribution in [0.4, 0.5) is 0 Å². The van der Waals surface area contributed by atoms with Gasteiger partial charge in [0.1, 0.15) is 0 Å². The zero-order valence-corrected chi connectivity index (χ0v) is 28.3. The van der Waals surface area contributed by atoms with Crippen molar-refractivity contribution in [3.8, 4) is 0 Å². The van der Waals surface area contributed by atoms with Gasteiger partial charge in [0.15, 0.2) is 0 Å². The molecule has 0 saturated carbocycles. The van der Waals surface area contributed by atoms with Crippen LogP contribution in [0.15, 0.2) is 24.3 Å². The van der Waals surface area contributed by atoms with Crippen molar-refractivity contribution >= 4 is 11.9 Å². The van der Waals surface area contributed by atoms with Crippen molar-refractivity contribution in [3.63, 3.8) is 0 Å². The van der Waals surface area contributed by atoms with Gasteiger partial charge >= 0.3 is 11.9 Å². The molecule has 0 atom stereocenters. The first-order valence-corrected chi connectivity index (χ1v) is 17.3. The van der Waals surface area contributed by atoms with Crippen LogP contribution in [0.1, 0.15) is 194 Å². The smallest absolute Gasteiger partial charge is 0.303 e. The number of aliphatic carboxylic acids is 2. The summed E-state index contributed by atoms with van der Waals surface area (Å²) < 4.78 is 0. The van der Waals surface area contributed by atoms with E-state index in [9.17, 15) is 9.59 Å². The van der Waals surface area contributed by atoms with Gasteiger partial charge in [0.05, 0.1) is 0 Å². The quantitative estimate of drug-likeness (QED) is 0.0476. The number of hydrogen-bond donors (Lipinski definition) is 2. The topological polar surface area (TPSA) is 74.6 Å². The Morgan fingerprint density at radius 1 is 0.390 bits per heavy atom. The van der Waals surface area contributed by atoms with Gasteiger partial charge in [0, 0.05) is 29.9 Å². The number of carbonyl (C=O) groups is 2. The number of rotatable bonds is 30. The van der Waals surface area contributed by atoms with Crippen LogP contribution in [0.5, 0.6) is 0 Å². The molecule has 41 heavy (non-hydrogen) atoms. The maximum absolute atomic E-state index is 10.3. The second-order valence-corrected chi connectivity index (χ2v) is 11.5. The molecule has 0 aliphatic heterocycles. The summed E-state index contributed by atoms with van der Waals surface area (Å²) in [6, 6.07) is 0. The molecule has 4 nitrogen and oxygen atoms in total. The summed E-state index contributed by atoms with van der Waals surface area (Å²) in [7, 11) is 0. The third-order valence-corrected chi connectivity index (χ3v) is 7.30. The molecule has 0 rings (SSSR count). The first-order chi connectivity index (χ1) is 19.5. The van der Waals surface area contributed by atoms with E-state index in [4.69, 9.17) is 10.2 Å². The molecule has 0 saturated heterocycles. The summed E-state index contributed by atoms with van der Waals surface area (Å²) in [6.07, 6.45) is 42.5. The van der Waals surface area contributed by atoms with Crippen molar-refractivity contribution in [1.29, 1.82) is 0 Å². The first kappa shape index (κ1) is 44.4. The summed E-state index contributed by atoms with van der Waals surface area (Å²) in [6.45, 7) is 4.47. The Hall–Kier alpha value is -1.06. The Morgan fingerprint density at radius 3 is 0.854 bits per heavy atom. The second kappa shape index (κ2) is 41.1. The van der Waals surface area contributed by atoms with Gasteiger partial charge in [-0.15, -0.1) is 0 Å². The summed E-state index contributed by atoms with van der Waals surface area (Å²) in [5.41, 5.74) is 0. The minimum Gasteiger partial charge on any atom is -0.481 e. The fraction of sp³-hybridized carbons (Fsp3) is 0.833. The van der Waals surface area contributed by atoms with Crippen LogP contribution in [0.2, 0.25) is 0 Å². The van der Waals surface area contributed by atoms with Crippen LogP contribution in [-0.4, -0.2) is 22.2 Å². The average molecular weight is 621 g/mol. The number of allylic oxidation sites excluding steroid dienone is 4. The van der Waals surface area contributed by atoms with E-state index in [1.165, 1.54) is 141 Å². The normalized spacial score (nSPS) is 11.0. The van der Waals surface area contributed by atoms with Gasteiger partial charge in [-0.25, -0.2) is 0 Å². The van der Waals surface area contributed by atoms with Crippen LogP contribution in [0.25, 0.3) is 0 Å². The zero-order chi connectivity index (χ0) is 29.8. The molecule has 0 aliphatic carbocycles. The van der Waals surface area contributed by atoms with Crippen molar-refractivity contribution in [2.24, 2.45) is 0 Å². The molecule has 0 amide bonds. The molecule has 0 aromatic heterocycles. The van der Waals surface area contributed by atoms with Crippen LogP contribution in [0.3, 0.4) is 0 Å². The fourth-order valence-corrected chi connectivity index (χ4v) is 4.67. The van der Waals surface area contributed by atoms with E-state index >= 15 is 0 Å². The molecule has 5 heteroatoms. The minimum absolute atomic E-state index is 0. The first-order valence-electron chi connectivity index (χ1n) is 17.3.